The molecule has 1 amide bonds. The van der Waals surface area contributed by atoms with Crippen LogP contribution in [0.25, 0.3) is 11.3 Å². The molecule has 144 valence electrons. The van der Waals surface area contributed by atoms with Crippen molar-refractivity contribution in [2.45, 2.75) is 32.4 Å². The molecule has 0 aliphatic carbocycles. The number of aliphatic hydroxyl groups excluding tert-OH is 1. The molecule has 0 bridgehead atoms. The zero-order valence-corrected chi connectivity index (χ0v) is 15.5. The molecule has 0 aliphatic heterocycles. The molecule has 2 atom stereocenters. The second kappa shape index (κ2) is 8.25. The summed E-state index contributed by atoms with van der Waals surface area (Å²) in [5.41, 5.74) is 1.47. The third kappa shape index (κ3) is 4.39. The normalized spacial score (nSPS) is 16.6. The number of aliphatic hydroxyl groups is 1. The van der Waals surface area contributed by atoms with Crippen LogP contribution in [0.15, 0.2) is 36.5 Å². The fraction of sp³-hybridized carbons (Fsp3) is 0.263. The third-order valence-corrected chi connectivity index (χ3v) is 4.20. The minimum atomic E-state index is -2.89. The molecule has 8 nitrogen and oxygen atoms in total. The number of halogens is 1. The van der Waals surface area contributed by atoms with Gasteiger partial charge in [0.2, 0.25) is 0 Å². The molecule has 3 N–H and O–H groups in total. The molecule has 0 spiro atoms. The Morgan fingerprint density at radius 2 is 2.36 bits per heavy atom. The predicted molar refractivity (Wildman–Crippen MR) is 104 cm³/mol. The molecule has 2 heterocycles. The lowest BCUT2D eigenvalue weighted by atomic mass is 10.1. The van der Waals surface area contributed by atoms with Gasteiger partial charge in [-0.1, -0.05) is 17.7 Å². The highest BCUT2D eigenvalue weighted by Gasteiger charge is 2.16. The van der Waals surface area contributed by atoms with Gasteiger partial charge in [-0.25, -0.2) is 0 Å². The lowest BCUT2D eigenvalue weighted by Gasteiger charge is -2.13. The first kappa shape index (κ1) is 14.9. The van der Waals surface area contributed by atoms with Crippen LogP contribution in [0, 0.1) is 11.3 Å². The number of amides is 1. The fourth-order valence-electron chi connectivity index (χ4n) is 2.44. The quantitative estimate of drug-likeness (QED) is 0.585. The van der Waals surface area contributed by atoms with Gasteiger partial charge in [-0.05, 0) is 38.0 Å². The highest BCUT2D eigenvalue weighted by Crippen LogP contribution is 2.24. The van der Waals surface area contributed by atoms with Crippen molar-refractivity contribution in [3.8, 4) is 17.3 Å². The Hall–Kier alpha value is -3.15. The lowest BCUT2D eigenvalue weighted by molar-refractivity contribution is 0.0931. The smallest absolute Gasteiger partial charge is 0.272 e. The standard InChI is InChI=1S/C19H19ClN6O2/c1-11(22-19(28)18-8-17(12(2)27)23-24-18)10-26-6-5-16(25-26)13-3-4-14(9-21)15(20)7-13/h3-8,11-12,27H,10H2,1-2H3,(H,22,28)(H,23,24)/t11-,12?/m0/s1/i1D3,11D. The molecule has 3 rings (SSSR count). The molecule has 0 saturated carbocycles. The van der Waals surface area contributed by atoms with Crippen LogP contribution >= 0.6 is 11.6 Å². The monoisotopic (exact) mass is 402 g/mol. The number of carbonyl (C=O) groups excluding carboxylic acids is 1. The van der Waals surface area contributed by atoms with Crippen LogP contribution in [-0.4, -0.2) is 37.0 Å². The summed E-state index contributed by atoms with van der Waals surface area (Å²) in [6.45, 7) is -1.90. The summed E-state index contributed by atoms with van der Waals surface area (Å²) in [7, 11) is 0. The number of aromatic nitrogens is 4. The molecule has 2 aromatic heterocycles. The van der Waals surface area contributed by atoms with Crippen LogP contribution in [0.2, 0.25) is 5.02 Å². The Labute approximate surface area is 172 Å². The van der Waals surface area contributed by atoms with E-state index in [1.165, 1.54) is 23.9 Å². The molecule has 1 unspecified atom stereocenters. The first-order valence-corrected chi connectivity index (χ1v) is 8.61. The van der Waals surface area contributed by atoms with E-state index < -0.39 is 31.4 Å². The van der Waals surface area contributed by atoms with Gasteiger partial charge in [-0.2, -0.15) is 15.5 Å². The van der Waals surface area contributed by atoms with E-state index in [4.69, 9.17) is 22.3 Å². The maximum absolute atomic E-state index is 12.5. The van der Waals surface area contributed by atoms with Crippen LogP contribution in [0.1, 0.15) is 47.1 Å². The first-order chi connectivity index (χ1) is 14.9. The van der Waals surface area contributed by atoms with Crippen LogP contribution in [0.3, 0.4) is 0 Å². The van der Waals surface area contributed by atoms with Crippen molar-refractivity contribution in [1.29, 1.82) is 5.26 Å². The number of aromatic amines is 1. The van der Waals surface area contributed by atoms with Crippen molar-refractivity contribution in [3.63, 3.8) is 0 Å². The average molecular weight is 403 g/mol. The minimum absolute atomic E-state index is 0.157. The second-order valence-corrected chi connectivity index (χ2v) is 6.43. The van der Waals surface area contributed by atoms with E-state index in [-0.39, 0.29) is 16.4 Å². The number of hydrogen-bond donors (Lipinski definition) is 3. The van der Waals surface area contributed by atoms with E-state index in [1.807, 2.05) is 6.07 Å². The summed E-state index contributed by atoms with van der Waals surface area (Å²) in [6.07, 6.45) is 0.577. The Morgan fingerprint density at radius 1 is 1.54 bits per heavy atom. The van der Waals surface area contributed by atoms with E-state index in [1.54, 1.807) is 24.3 Å². The minimum Gasteiger partial charge on any atom is -0.387 e. The second-order valence-electron chi connectivity index (χ2n) is 6.02. The van der Waals surface area contributed by atoms with Gasteiger partial charge in [0.05, 0.1) is 36.0 Å². The Kier molecular flexibility index (Phi) is 4.38. The van der Waals surface area contributed by atoms with Crippen molar-refractivity contribution >= 4 is 17.5 Å². The lowest BCUT2D eigenvalue weighted by Crippen LogP contribution is -2.36. The van der Waals surface area contributed by atoms with E-state index in [2.05, 4.69) is 20.6 Å². The summed E-state index contributed by atoms with van der Waals surface area (Å²) in [4.78, 5) is 12.5. The van der Waals surface area contributed by atoms with Gasteiger partial charge in [0.15, 0.2) is 0 Å². The van der Waals surface area contributed by atoms with Crippen molar-refractivity contribution in [2.75, 3.05) is 0 Å². The van der Waals surface area contributed by atoms with E-state index in [9.17, 15) is 9.90 Å². The van der Waals surface area contributed by atoms with E-state index >= 15 is 0 Å². The van der Waals surface area contributed by atoms with Crippen LogP contribution < -0.4 is 5.32 Å². The van der Waals surface area contributed by atoms with Gasteiger partial charge in [0.1, 0.15) is 11.8 Å². The number of H-pyrrole nitrogens is 1. The molecule has 0 fully saturated rings. The summed E-state index contributed by atoms with van der Waals surface area (Å²) in [5, 5.41) is 31.5. The maximum Gasteiger partial charge on any atom is 0.272 e. The van der Waals surface area contributed by atoms with Crippen molar-refractivity contribution in [2.24, 2.45) is 0 Å². The maximum atomic E-state index is 12.5. The van der Waals surface area contributed by atoms with Gasteiger partial charge >= 0.3 is 0 Å². The number of carbonyl (C=O) groups is 1. The number of rotatable bonds is 6. The summed E-state index contributed by atoms with van der Waals surface area (Å²) >= 11 is 6.06. The number of nitrogens with zero attached hydrogens (tertiary/aromatic N) is 4. The van der Waals surface area contributed by atoms with Crippen LogP contribution in [0.4, 0.5) is 0 Å². The fourth-order valence-corrected chi connectivity index (χ4v) is 2.66. The van der Waals surface area contributed by atoms with Gasteiger partial charge in [0.25, 0.3) is 5.91 Å². The third-order valence-electron chi connectivity index (χ3n) is 3.89. The summed E-state index contributed by atoms with van der Waals surface area (Å²) < 4.78 is 33.1. The molecule has 0 aliphatic rings. The van der Waals surface area contributed by atoms with Crippen molar-refractivity contribution in [3.05, 3.63) is 58.5 Å². The predicted octanol–water partition coefficient (Wildman–Crippen LogP) is 2.67. The number of nitriles is 1. The summed E-state index contributed by atoms with van der Waals surface area (Å²) in [6, 6.07) is 7.17. The van der Waals surface area contributed by atoms with Crippen molar-refractivity contribution in [1.82, 2.24) is 25.3 Å². The molecular formula is C19H19ClN6O2. The van der Waals surface area contributed by atoms with Gasteiger partial charge in [-0.15, -0.1) is 0 Å². The zero-order valence-electron chi connectivity index (χ0n) is 18.8. The van der Waals surface area contributed by atoms with Gasteiger partial charge in [0, 0.05) is 21.9 Å². The van der Waals surface area contributed by atoms with Crippen LogP contribution in [-0.2, 0) is 6.54 Å². The van der Waals surface area contributed by atoms with Crippen LogP contribution in [0.5, 0.6) is 0 Å². The molecule has 0 radical (unpaired) electrons. The van der Waals surface area contributed by atoms with E-state index in [0.29, 0.717) is 16.8 Å². The highest BCUT2D eigenvalue weighted by molar-refractivity contribution is 6.32. The topological polar surface area (TPSA) is 120 Å². The molecule has 3 aromatic rings. The number of hydrogen-bond acceptors (Lipinski definition) is 5. The average Bonchev–Trinajstić information content (AvgIpc) is 3.37. The molecule has 28 heavy (non-hydrogen) atoms. The number of benzene rings is 1. The number of nitrogens with one attached hydrogen (secondary N) is 2. The van der Waals surface area contributed by atoms with Gasteiger partial charge in [-0.3, -0.25) is 14.6 Å². The molecule has 0 saturated heterocycles. The molecular weight excluding hydrogens is 380 g/mol. The molecule has 9 heteroatoms. The Balaban J connectivity index is 1.83. The van der Waals surface area contributed by atoms with Crippen molar-refractivity contribution < 1.29 is 15.4 Å². The van der Waals surface area contributed by atoms with E-state index in [0.717, 1.165) is 0 Å². The van der Waals surface area contributed by atoms with Gasteiger partial charge < -0.3 is 10.4 Å². The Morgan fingerprint density at radius 3 is 3.00 bits per heavy atom. The highest BCUT2D eigenvalue weighted by atomic mass is 35.5. The largest absolute Gasteiger partial charge is 0.387 e. The first-order valence-electron chi connectivity index (χ1n) is 10.2. The Bertz CT molecular complexity index is 1180. The molecule has 1 aromatic carbocycles. The SMILES string of the molecule is [2H]C([2H])([2H])[C@@]([2H])(Cn1ccc(-c2ccc(C#N)c(Cl)c2)n1)NC(=O)c1cc(C(C)O)[nH]n1. The zero-order chi connectivity index (χ0) is 23.7. The summed E-state index contributed by atoms with van der Waals surface area (Å²) in [5.74, 6) is -0.884.